The molecule has 0 aliphatic carbocycles. The van der Waals surface area contributed by atoms with Crippen LogP contribution in [0.5, 0.6) is 0 Å². The lowest BCUT2D eigenvalue weighted by atomic mass is 9.92. The molecule has 0 radical (unpaired) electrons. The van der Waals surface area contributed by atoms with Gasteiger partial charge in [-0.05, 0) is 114 Å². The molecule has 4 aromatic heterocycles. The van der Waals surface area contributed by atoms with Crippen molar-refractivity contribution in [3.05, 3.63) is 71.2 Å². The molecule has 60 heavy (non-hydrogen) atoms. The number of aromatic nitrogens is 8. The first kappa shape index (κ1) is 44.7. The number of carbonyl (C=O) groups is 1. The topological polar surface area (TPSA) is 177 Å². The summed E-state index contributed by atoms with van der Waals surface area (Å²) in [6.45, 7) is 18.7. The van der Waals surface area contributed by atoms with Gasteiger partial charge in [-0.25, -0.2) is 8.78 Å². The first-order chi connectivity index (χ1) is 28.0. The number of halogens is 3. The Morgan fingerprint density at radius 3 is 1.50 bits per heavy atom. The zero-order valence-corrected chi connectivity index (χ0v) is 36.2. The van der Waals surface area contributed by atoms with Crippen LogP contribution in [-0.2, 0) is 4.79 Å². The van der Waals surface area contributed by atoms with E-state index >= 15 is 0 Å². The number of hydrogen-bond donors (Lipinski definition) is 2. The molecular formula is C42H55ClF2N10O5. The predicted molar refractivity (Wildman–Crippen MR) is 223 cm³/mol. The van der Waals surface area contributed by atoms with Gasteiger partial charge in [-0.1, -0.05) is 52.0 Å². The molecule has 8 rings (SSSR count). The molecule has 0 amide bonds. The van der Waals surface area contributed by atoms with Gasteiger partial charge in [0.05, 0.1) is 18.0 Å². The van der Waals surface area contributed by atoms with Gasteiger partial charge in [0.15, 0.2) is 0 Å². The molecule has 2 aliphatic rings. The largest absolute Gasteiger partial charge is 0.480 e. The highest BCUT2D eigenvalue weighted by Crippen LogP contribution is 2.34. The highest BCUT2D eigenvalue weighted by atomic mass is 35.5. The average molecular weight is 853 g/mol. The standard InChI is InChI=1S/C21H26FN5O3.C21H28FN5O2.ClH/c1-12(2)16-14-6-5-7-15(22)17(14)27(24-16)20-23-18(30-25-20)13-8-10-26(11-9-13)21(3,4)19(28)29;1-13(2)17-15-6-5-7-16(22)18(15)27(24-17)20-23-19(29-25-20)14-8-10-26(11-9-14)21(3,4)12-28;/h5-7,12-13H,8-11H2,1-4H3,(H,28,29);5-7,13-14,28H,8-12H2,1-4H3;1H. The molecule has 0 bridgehead atoms. The molecule has 324 valence electrons. The Balaban J connectivity index is 0.000000198. The lowest BCUT2D eigenvalue weighted by Gasteiger charge is -2.41. The molecule has 0 saturated carbocycles. The molecule has 15 nitrogen and oxygen atoms in total. The highest BCUT2D eigenvalue weighted by Gasteiger charge is 2.38. The van der Waals surface area contributed by atoms with Crippen molar-refractivity contribution in [2.24, 2.45) is 0 Å². The second-order valence-corrected chi connectivity index (χ2v) is 17.4. The number of likely N-dealkylation sites (tertiary alicyclic amines) is 2. The summed E-state index contributed by atoms with van der Waals surface area (Å²) in [5.74, 6) is 0.373. The summed E-state index contributed by atoms with van der Waals surface area (Å²) < 4.78 is 43.1. The quantitative estimate of drug-likeness (QED) is 0.137. The number of fused-ring (bicyclic) bond motifs is 2. The maximum absolute atomic E-state index is 14.6. The van der Waals surface area contributed by atoms with Crippen molar-refractivity contribution >= 4 is 40.2 Å². The van der Waals surface area contributed by atoms with Gasteiger partial charge in [0, 0.05) is 28.1 Å². The van der Waals surface area contributed by atoms with E-state index in [2.05, 4.69) is 35.4 Å². The number of para-hydroxylation sites is 2. The molecule has 2 fully saturated rings. The Labute approximate surface area is 353 Å². The van der Waals surface area contributed by atoms with Crippen LogP contribution in [0.25, 0.3) is 33.7 Å². The van der Waals surface area contributed by atoms with Crippen LogP contribution in [0.1, 0.15) is 128 Å². The van der Waals surface area contributed by atoms with Gasteiger partial charge in [0.1, 0.15) is 28.2 Å². The number of rotatable bonds is 10. The summed E-state index contributed by atoms with van der Waals surface area (Å²) in [6, 6.07) is 9.90. The molecule has 18 heteroatoms. The first-order valence-electron chi connectivity index (χ1n) is 20.4. The summed E-state index contributed by atoms with van der Waals surface area (Å²) in [4.78, 5) is 24.8. The van der Waals surface area contributed by atoms with E-state index < -0.39 is 11.5 Å². The van der Waals surface area contributed by atoms with E-state index in [1.165, 1.54) is 21.5 Å². The van der Waals surface area contributed by atoms with Crippen molar-refractivity contribution in [1.82, 2.24) is 49.6 Å². The van der Waals surface area contributed by atoms with Crippen LogP contribution < -0.4 is 0 Å². The highest BCUT2D eigenvalue weighted by molar-refractivity contribution is 5.86. The third kappa shape index (κ3) is 8.54. The van der Waals surface area contributed by atoms with Crippen molar-refractivity contribution < 1.29 is 32.8 Å². The fourth-order valence-electron chi connectivity index (χ4n) is 8.05. The number of aliphatic hydroxyl groups is 1. The van der Waals surface area contributed by atoms with Crippen LogP contribution in [-0.4, -0.2) is 110 Å². The summed E-state index contributed by atoms with van der Waals surface area (Å²) in [6.07, 6.45) is 3.17. The number of aliphatic carboxylic acids is 1. The van der Waals surface area contributed by atoms with Gasteiger partial charge in [0.25, 0.3) is 11.9 Å². The molecule has 6 aromatic rings. The number of nitrogens with zero attached hydrogens (tertiary/aromatic N) is 10. The van der Waals surface area contributed by atoms with E-state index in [4.69, 9.17) is 9.05 Å². The van der Waals surface area contributed by atoms with Crippen molar-refractivity contribution in [2.75, 3.05) is 32.8 Å². The first-order valence-corrected chi connectivity index (χ1v) is 20.4. The van der Waals surface area contributed by atoms with Gasteiger partial charge in [0.2, 0.25) is 11.8 Å². The van der Waals surface area contributed by atoms with Gasteiger partial charge in [-0.2, -0.15) is 29.5 Å². The molecule has 6 heterocycles. The molecule has 2 N–H and O–H groups in total. The van der Waals surface area contributed by atoms with E-state index in [-0.39, 0.29) is 71.8 Å². The van der Waals surface area contributed by atoms with Crippen LogP contribution in [0.15, 0.2) is 45.4 Å². The molecule has 2 aromatic carbocycles. The lowest BCUT2D eigenvalue weighted by molar-refractivity contribution is -0.150. The molecule has 2 aliphatic heterocycles. The third-order valence-electron chi connectivity index (χ3n) is 11.9. The Hall–Kier alpha value is -4.84. The number of carboxylic acid groups (broad SMARTS) is 1. The van der Waals surface area contributed by atoms with Gasteiger partial charge in [-0.3, -0.25) is 14.6 Å². The molecular weight excluding hydrogens is 798 g/mol. The van der Waals surface area contributed by atoms with Crippen LogP contribution in [0.2, 0.25) is 0 Å². The van der Waals surface area contributed by atoms with Crippen LogP contribution >= 0.6 is 12.4 Å². The minimum absolute atomic E-state index is 0. The summed E-state index contributed by atoms with van der Waals surface area (Å²) >= 11 is 0. The van der Waals surface area contributed by atoms with Gasteiger partial charge < -0.3 is 19.3 Å². The molecule has 0 unspecified atom stereocenters. The van der Waals surface area contributed by atoms with Crippen LogP contribution in [0.3, 0.4) is 0 Å². The number of aliphatic hydroxyl groups excluding tert-OH is 1. The van der Waals surface area contributed by atoms with Gasteiger partial charge >= 0.3 is 5.97 Å². The van der Waals surface area contributed by atoms with E-state index in [0.29, 0.717) is 48.7 Å². The fraction of sp³-hybridized carbons (Fsp3) is 0.548. The van der Waals surface area contributed by atoms with Crippen LogP contribution in [0.4, 0.5) is 8.78 Å². The monoisotopic (exact) mass is 852 g/mol. The zero-order chi connectivity index (χ0) is 42.4. The van der Waals surface area contributed by atoms with E-state index in [1.54, 1.807) is 26.0 Å². The van der Waals surface area contributed by atoms with E-state index in [9.17, 15) is 23.8 Å². The second kappa shape index (κ2) is 17.6. The Bertz CT molecular complexity index is 2420. The maximum atomic E-state index is 14.6. The number of benzene rings is 2. The van der Waals surface area contributed by atoms with Crippen molar-refractivity contribution in [1.29, 1.82) is 0 Å². The van der Waals surface area contributed by atoms with Gasteiger partial charge in [-0.15, -0.1) is 12.4 Å². The molecule has 0 spiro atoms. The Morgan fingerprint density at radius 1 is 0.733 bits per heavy atom. The Kier molecular flexibility index (Phi) is 13.1. The SMILES string of the molecule is CC(C)c1nn(-c2noc(C3CCN(C(C)(C)C(=O)O)CC3)n2)c2c(F)cccc12.CC(C)c1nn(-c2noc(C3CCN(C(C)(C)CO)CC3)n2)c2c(F)cccc12.Cl. The minimum atomic E-state index is -0.913. The minimum Gasteiger partial charge on any atom is -0.480 e. The lowest BCUT2D eigenvalue weighted by Crippen LogP contribution is -2.52. The maximum Gasteiger partial charge on any atom is 0.323 e. The van der Waals surface area contributed by atoms with Crippen molar-refractivity contribution in [2.45, 2.75) is 116 Å². The summed E-state index contributed by atoms with van der Waals surface area (Å²) in [5.41, 5.74) is 1.16. The zero-order valence-electron chi connectivity index (χ0n) is 35.4. The smallest absolute Gasteiger partial charge is 0.323 e. The number of piperidine rings is 2. The average Bonchev–Trinajstić information content (AvgIpc) is 4.03. The van der Waals surface area contributed by atoms with Crippen LogP contribution in [0, 0.1) is 11.6 Å². The number of hydrogen-bond acceptors (Lipinski definition) is 12. The van der Waals surface area contributed by atoms with E-state index in [0.717, 1.165) is 48.1 Å². The molecule has 2 saturated heterocycles. The summed E-state index contributed by atoms with van der Waals surface area (Å²) in [7, 11) is 0. The normalized spacial score (nSPS) is 16.5. The third-order valence-corrected chi connectivity index (χ3v) is 11.9. The second-order valence-electron chi connectivity index (χ2n) is 17.4. The molecule has 0 atom stereocenters. The van der Waals surface area contributed by atoms with Crippen molar-refractivity contribution in [3.63, 3.8) is 0 Å². The predicted octanol–water partition coefficient (Wildman–Crippen LogP) is 7.76. The summed E-state index contributed by atoms with van der Waals surface area (Å²) in [5, 5.41) is 37.8. The number of carboxylic acids is 1. The fourth-order valence-corrected chi connectivity index (χ4v) is 8.05. The Morgan fingerprint density at radius 2 is 1.13 bits per heavy atom. The van der Waals surface area contributed by atoms with E-state index in [1.807, 2.05) is 58.6 Å². The van der Waals surface area contributed by atoms with Crippen molar-refractivity contribution in [3.8, 4) is 11.9 Å².